The number of nitrogens with zero attached hydrogens (tertiary/aromatic N) is 4. The van der Waals surface area contributed by atoms with Gasteiger partial charge < -0.3 is 5.32 Å². The molecule has 0 saturated heterocycles. The van der Waals surface area contributed by atoms with Crippen LogP contribution >= 0.6 is 0 Å². The third-order valence-electron chi connectivity index (χ3n) is 4.07. The third-order valence-corrected chi connectivity index (χ3v) is 4.07. The molecule has 6 heteroatoms. The molecule has 1 saturated carbocycles. The molecule has 0 radical (unpaired) electrons. The summed E-state index contributed by atoms with van der Waals surface area (Å²) in [6.45, 7) is 3.89. The van der Waals surface area contributed by atoms with E-state index in [1.165, 1.54) is 25.7 Å². The highest BCUT2D eigenvalue weighted by Gasteiger charge is 2.18. The lowest BCUT2D eigenvalue weighted by Gasteiger charge is -2.09. The molecule has 0 aromatic carbocycles. The van der Waals surface area contributed by atoms with E-state index < -0.39 is 0 Å². The number of carbonyl (C=O) groups is 1. The van der Waals surface area contributed by atoms with Crippen LogP contribution in [0.3, 0.4) is 0 Å². The number of hydrogen-bond donors (Lipinski definition) is 1. The van der Waals surface area contributed by atoms with Gasteiger partial charge in [0.25, 0.3) is 5.95 Å². The van der Waals surface area contributed by atoms with Crippen LogP contribution in [0.2, 0.25) is 0 Å². The molecule has 0 aliphatic heterocycles. The van der Waals surface area contributed by atoms with Gasteiger partial charge in [-0.3, -0.25) is 4.79 Å². The van der Waals surface area contributed by atoms with E-state index >= 15 is 0 Å². The lowest BCUT2D eigenvalue weighted by molar-refractivity contribution is -0.117. The summed E-state index contributed by atoms with van der Waals surface area (Å²) in [7, 11) is 0. The van der Waals surface area contributed by atoms with Gasteiger partial charge in [0.2, 0.25) is 5.91 Å². The Balaban J connectivity index is 1.64. The van der Waals surface area contributed by atoms with Crippen LogP contribution in [0.25, 0.3) is 5.95 Å². The summed E-state index contributed by atoms with van der Waals surface area (Å²) in [6, 6.07) is 1.97. The molecular weight excluding hydrogens is 278 g/mol. The molecule has 0 unspecified atom stereocenters. The van der Waals surface area contributed by atoms with Crippen LogP contribution in [0.15, 0.2) is 18.5 Å². The number of hydrogen-bond acceptors (Lipinski definition) is 4. The van der Waals surface area contributed by atoms with Crippen molar-refractivity contribution in [2.24, 2.45) is 5.92 Å². The zero-order valence-electron chi connectivity index (χ0n) is 13.0. The Morgan fingerprint density at radius 2 is 1.95 bits per heavy atom. The highest BCUT2D eigenvalue weighted by molar-refractivity contribution is 5.90. The molecule has 2 aromatic rings. The Labute approximate surface area is 130 Å². The van der Waals surface area contributed by atoms with E-state index in [2.05, 4.69) is 20.4 Å². The van der Waals surface area contributed by atoms with Crippen molar-refractivity contribution >= 4 is 11.6 Å². The monoisotopic (exact) mass is 299 g/mol. The lowest BCUT2D eigenvalue weighted by Crippen LogP contribution is -2.16. The number of nitrogens with one attached hydrogen (secondary N) is 1. The van der Waals surface area contributed by atoms with Gasteiger partial charge >= 0.3 is 0 Å². The molecule has 1 aliphatic carbocycles. The molecule has 116 valence electrons. The second kappa shape index (κ2) is 6.25. The minimum Gasteiger partial charge on any atom is -0.323 e. The smallest absolute Gasteiger partial charge is 0.250 e. The topological polar surface area (TPSA) is 72.7 Å². The van der Waals surface area contributed by atoms with Crippen molar-refractivity contribution in [1.82, 2.24) is 19.7 Å². The number of aromatic nitrogens is 4. The van der Waals surface area contributed by atoms with Crippen LogP contribution < -0.4 is 5.32 Å². The molecular formula is C16H21N5O. The van der Waals surface area contributed by atoms with E-state index in [-0.39, 0.29) is 5.91 Å². The zero-order chi connectivity index (χ0) is 15.5. The van der Waals surface area contributed by atoms with Gasteiger partial charge in [0.05, 0.1) is 23.8 Å². The second-order valence-corrected chi connectivity index (χ2v) is 6.01. The SMILES string of the molecule is Cc1cc(C)n(-c2ncc(NC(=O)CC3CCCC3)cn2)n1. The van der Waals surface area contributed by atoms with Gasteiger partial charge in [0.1, 0.15) is 0 Å². The minimum atomic E-state index is 0.0503. The van der Waals surface area contributed by atoms with Crippen LogP contribution in [0.1, 0.15) is 43.5 Å². The van der Waals surface area contributed by atoms with E-state index in [9.17, 15) is 4.79 Å². The normalized spacial score (nSPS) is 15.2. The number of carbonyl (C=O) groups excluding carboxylic acids is 1. The third kappa shape index (κ3) is 3.32. The summed E-state index contributed by atoms with van der Waals surface area (Å²) in [6.07, 6.45) is 8.69. The van der Waals surface area contributed by atoms with Crippen LogP contribution in [-0.2, 0) is 4.79 Å². The number of anilines is 1. The predicted octanol–water partition coefficient (Wildman–Crippen LogP) is 2.80. The summed E-state index contributed by atoms with van der Waals surface area (Å²) >= 11 is 0. The summed E-state index contributed by atoms with van der Waals surface area (Å²) in [5, 5.41) is 7.22. The molecule has 2 heterocycles. The fourth-order valence-corrected chi connectivity index (χ4v) is 3.02. The van der Waals surface area contributed by atoms with E-state index in [4.69, 9.17) is 0 Å². The number of rotatable bonds is 4. The Bertz CT molecular complexity index is 656. The van der Waals surface area contributed by atoms with Crippen molar-refractivity contribution in [1.29, 1.82) is 0 Å². The van der Waals surface area contributed by atoms with Crippen LogP contribution in [0, 0.1) is 19.8 Å². The first-order valence-electron chi connectivity index (χ1n) is 7.77. The Morgan fingerprint density at radius 3 is 2.55 bits per heavy atom. The predicted molar refractivity (Wildman–Crippen MR) is 83.8 cm³/mol. The largest absolute Gasteiger partial charge is 0.323 e. The maximum Gasteiger partial charge on any atom is 0.250 e. The molecule has 1 fully saturated rings. The Morgan fingerprint density at radius 1 is 1.27 bits per heavy atom. The maximum absolute atomic E-state index is 12.0. The fourth-order valence-electron chi connectivity index (χ4n) is 3.02. The summed E-state index contributed by atoms with van der Waals surface area (Å²) in [5.74, 6) is 1.10. The van der Waals surface area contributed by atoms with Crippen molar-refractivity contribution in [3.63, 3.8) is 0 Å². The van der Waals surface area contributed by atoms with Gasteiger partial charge in [-0.15, -0.1) is 0 Å². The first-order valence-corrected chi connectivity index (χ1v) is 7.77. The molecule has 1 aliphatic rings. The molecule has 1 amide bonds. The van der Waals surface area contributed by atoms with Gasteiger partial charge in [0.15, 0.2) is 0 Å². The lowest BCUT2D eigenvalue weighted by atomic mass is 10.0. The van der Waals surface area contributed by atoms with Crippen molar-refractivity contribution < 1.29 is 4.79 Å². The number of aryl methyl sites for hydroxylation is 2. The van der Waals surface area contributed by atoms with E-state index in [0.717, 1.165) is 11.4 Å². The fraction of sp³-hybridized carbons (Fsp3) is 0.500. The molecule has 22 heavy (non-hydrogen) atoms. The molecule has 1 N–H and O–H groups in total. The minimum absolute atomic E-state index is 0.0503. The van der Waals surface area contributed by atoms with Gasteiger partial charge in [-0.05, 0) is 38.7 Å². The van der Waals surface area contributed by atoms with Gasteiger partial charge in [-0.2, -0.15) is 5.10 Å². The molecule has 6 nitrogen and oxygen atoms in total. The molecule has 0 atom stereocenters. The van der Waals surface area contributed by atoms with Crippen LogP contribution in [-0.4, -0.2) is 25.7 Å². The molecule has 3 rings (SSSR count). The Hall–Kier alpha value is -2.24. The molecule has 0 spiro atoms. The zero-order valence-corrected chi connectivity index (χ0v) is 13.0. The van der Waals surface area contributed by atoms with Crippen molar-refractivity contribution in [2.45, 2.75) is 46.0 Å². The van der Waals surface area contributed by atoms with Gasteiger partial charge in [-0.1, -0.05) is 12.8 Å². The average Bonchev–Trinajstić information content (AvgIpc) is 3.09. The first-order chi connectivity index (χ1) is 10.6. The Kier molecular flexibility index (Phi) is 4.18. The van der Waals surface area contributed by atoms with Crippen molar-refractivity contribution in [3.05, 3.63) is 29.8 Å². The average molecular weight is 299 g/mol. The summed E-state index contributed by atoms with van der Waals surface area (Å²) in [4.78, 5) is 20.6. The highest BCUT2D eigenvalue weighted by Crippen LogP contribution is 2.27. The van der Waals surface area contributed by atoms with E-state index in [0.29, 0.717) is 24.0 Å². The first kappa shape index (κ1) is 14.7. The maximum atomic E-state index is 12.0. The van der Waals surface area contributed by atoms with Crippen LogP contribution in [0.4, 0.5) is 5.69 Å². The quantitative estimate of drug-likeness (QED) is 0.942. The van der Waals surface area contributed by atoms with E-state index in [1.54, 1.807) is 17.1 Å². The highest BCUT2D eigenvalue weighted by atomic mass is 16.1. The second-order valence-electron chi connectivity index (χ2n) is 6.01. The van der Waals surface area contributed by atoms with Crippen molar-refractivity contribution in [3.8, 4) is 5.95 Å². The molecule has 2 aromatic heterocycles. The molecule has 0 bridgehead atoms. The summed E-state index contributed by atoms with van der Waals surface area (Å²) < 4.78 is 1.69. The van der Waals surface area contributed by atoms with Crippen molar-refractivity contribution in [2.75, 3.05) is 5.32 Å². The standard InChI is InChI=1S/C16H21N5O/c1-11-7-12(2)21(20-11)16-17-9-14(10-18-16)19-15(22)8-13-5-3-4-6-13/h7,9-10,13H,3-6,8H2,1-2H3,(H,19,22). The summed E-state index contributed by atoms with van der Waals surface area (Å²) in [5.41, 5.74) is 2.54. The van der Waals surface area contributed by atoms with Gasteiger partial charge in [-0.25, -0.2) is 14.6 Å². The van der Waals surface area contributed by atoms with E-state index in [1.807, 2.05) is 19.9 Å². The van der Waals surface area contributed by atoms with Gasteiger partial charge in [0, 0.05) is 12.1 Å². The number of amides is 1. The van der Waals surface area contributed by atoms with Crippen LogP contribution in [0.5, 0.6) is 0 Å².